The Balaban J connectivity index is 2.46. The van der Waals surface area contributed by atoms with Crippen molar-refractivity contribution in [3.63, 3.8) is 0 Å². The van der Waals surface area contributed by atoms with E-state index in [0.717, 1.165) is 49.2 Å². The quantitative estimate of drug-likeness (QED) is 0.753. The van der Waals surface area contributed by atoms with E-state index in [9.17, 15) is 8.42 Å². The molecule has 1 aromatic rings. The Kier molecular flexibility index (Phi) is 6.82. The van der Waals surface area contributed by atoms with Crippen LogP contribution in [-0.4, -0.2) is 57.0 Å². The molecule has 8 heteroatoms. The minimum Gasteiger partial charge on any atom is -0.367 e. The van der Waals surface area contributed by atoms with E-state index in [2.05, 4.69) is 31.1 Å². The first-order chi connectivity index (χ1) is 11.0. The SMILES string of the molecule is CCCN(CCC)S(=O)(=O)c1cncc(Br)c1N1CCNCC1. The van der Waals surface area contributed by atoms with Crippen LogP contribution < -0.4 is 10.2 Å². The van der Waals surface area contributed by atoms with E-state index >= 15 is 0 Å². The van der Waals surface area contributed by atoms with E-state index in [1.165, 1.54) is 6.20 Å². The predicted octanol–water partition coefficient (Wildman–Crippen LogP) is 2.06. The molecule has 1 N–H and O–H groups in total. The Morgan fingerprint density at radius 2 is 1.83 bits per heavy atom. The number of hydrogen-bond acceptors (Lipinski definition) is 5. The Bertz CT molecular complexity index is 612. The molecule has 6 nitrogen and oxygen atoms in total. The summed E-state index contributed by atoms with van der Waals surface area (Å²) >= 11 is 3.49. The van der Waals surface area contributed by atoms with Gasteiger partial charge in [0, 0.05) is 51.7 Å². The normalized spacial score (nSPS) is 16.1. The summed E-state index contributed by atoms with van der Waals surface area (Å²) in [5.41, 5.74) is 0.735. The molecule has 0 atom stereocenters. The third-order valence-electron chi connectivity index (χ3n) is 3.84. The molecule has 23 heavy (non-hydrogen) atoms. The van der Waals surface area contributed by atoms with Crippen molar-refractivity contribution in [2.45, 2.75) is 31.6 Å². The zero-order chi connectivity index (χ0) is 16.9. The van der Waals surface area contributed by atoms with Gasteiger partial charge in [-0.3, -0.25) is 4.98 Å². The van der Waals surface area contributed by atoms with Gasteiger partial charge in [0.2, 0.25) is 10.0 Å². The lowest BCUT2D eigenvalue weighted by Gasteiger charge is -2.32. The fourth-order valence-corrected chi connectivity index (χ4v) is 5.30. The lowest BCUT2D eigenvalue weighted by atomic mass is 10.3. The zero-order valence-electron chi connectivity index (χ0n) is 13.8. The van der Waals surface area contributed by atoms with Crippen LogP contribution in [0.15, 0.2) is 21.8 Å². The molecule has 0 aromatic carbocycles. The van der Waals surface area contributed by atoms with Gasteiger partial charge < -0.3 is 10.2 Å². The number of anilines is 1. The van der Waals surface area contributed by atoms with Gasteiger partial charge in [0.15, 0.2) is 0 Å². The highest BCUT2D eigenvalue weighted by atomic mass is 79.9. The molecule has 0 unspecified atom stereocenters. The first-order valence-electron chi connectivity index (χ1n) is 8.11. The second kappa shape index (κ2) is 8.41. The number of pyridine rings is 1. The van der Waals surface area contributed by atoms with Gasteiger partial charge in [0.05, 0.1) is 10.2 Å². The van der Waals surface area contributed by atoms with E-state index < -0.39 is 10.0 Å². The summed E-state index contributed by atoms with van der Waals surface area (Å²) in [6.07, 6.45) is 4.74. The molecule has 2 rings (SSSR count). The van der Waals surface area contributed by atoms with Crippen LogP contribution >= 0.6 is 15.9 Å². The monoisotopic (exact) mass is 404 g/mol. The maximum Gasteiger partial charge on any atom is 0.246 e. The zero-order valence-corrected chi connectivity index (χ0v) is 16.2. The summed E-state index contributed by atoms with van der Waals surface area (Å²) in [6, 6.07) is 0. The summed E-state index contributed by atoms with van der Waals surface area (Å²) in [7, 11) is -3.55. The van der Waals surface area contributed by atoms with Gasteiger partial charge in [-0.05, 0) is 28.8 Å². The van der Waals surface area contributed by atoms with E-state index in [4.69, 9.17) is 0 Å². The molecule has 0 spiro atoms. The summed E-state index contributed by atoms with van der Waals surface area (Å²) in [4.78, 5) is 6.53. The molecule has 1 aliphatic rings. The van der Waals surface area contributed by atoms with Gasteiger partial charge in [0.25, 0.3) is 0 Å². The summed E-state index contributed by atoms with van der Waals surface area (Å²) in [5, 5.41) is 3.29. The van der Waals surface area contributed by atoms with E-state index in [-0.39, 0.29) is 0 Å². The molecule has 0 saturated carbocycles. The molecule has 0 bridgehead atoms. The maximum absolute atomic E-state index is 13.2. The topological polar surface area (TPSA) is 65.5 Å². The van der Waals surface area contributed by atoms with Crippen LogP contribution in [0.4, 0.5) is 5.69 Å². The number of halogens is 1. The van der Waals surface area contributed by atoms with Gasteiger partial charge in [-0.1, -0.05) is 13.8 Å². The van der Waals surface area contributed by atoms with Crippen LogP contribution in [0.3, 0.4) is 0 Å². The third-order valence-corrected chi connectivity index (χ3v) is 6.32. The number of rotatable bonds is 7. The number of hydrogen-bond donors (Lipinski definition) is 1. The molecular formula is C15H25BrN4O2S. The van der Waals surface area contributed by atoms with Crippen molar-refractivity contribution in [2.75, 3.05) is 44.2 Å². The van der Waals surface area contributed by atoms with Crippen LogP contribution in [0, 0.1) is 0 Å². The Morgan fingerprint density at radius 3 is 2.39 bits per heavy atom. The molecule has 1 aromatic heterocycles. The van der Waals surface area contributed by atoms with Crippen molar-refractivity contribution in [3.05, 3.63) is 16.9 Å². The fourth-order valence-electron chi connectivity index (χ4n) is 2.78. The largest absolute Gasteiger partial charge is 0.367 e. The lowest BCUT2D eigenvalue weighted by molar-refractivity contribution is 0.409. The average molecular weight is 405 g/mol. The first-order valence-corrected chi connectivity index (χ1v) is 10.3. The number of nitrogens with one attached hydrogen (secondary N) is 1. The van der Waals surface area contributed by atoms with Crippen molar-refractivity contribution < 1.29 is 8.42 Å². The van der Waals surface area contributed by atoms with Crippen LogP contribution in [0.25, 0.3) is 0 Å². The van der Waals surface area contributed by atoms with E-state index in [1.807, 2.05) is 13.8 Å². The van der Waals surface area contributed by atoms with Crippen molar-refractivity contribution in [2.24, 2.45) is 0 Å². The van der Waals surface area contributed by atoms with Gasteiger partial charge in [0.1, 0.15) is 4.90 Å². The molecule has 1 saturated heterocycles. The van der Waals surface area contributed by atoms with Crippen molar-refractivity contribution in [1.82, 2.24) is 14.6 Å². The van der Waals surface area contributed by atoms with Crippen LogP contribution in [0.1, 0.15) is 26.7 Å². The van der Waals surface area contributed by atoms with Gasteiger partial charge >= 0.3 is 0 Å². The highest BCUT2D eigenvalue weighted by Gasteiger charge is 2.30. The number of piperazine rings is 1. The minimum absolute atomic E-state index is 0.302. The molecule has 1 aliphatic heterocycles. The molecular weight excluding hydrogens is 380 g/mol. The highest BCUT2D eigenvalue weighted by Crippen LogP contribution is 2.34. The van der Waals surface area contributed by atoms with Crippen molar-refractivity contribution in [3.8, 4) is 0 Å². The smallest absolute Gasteiger partial charge is 0.246 e. The van der Waals surface area contributed by atoms with Crippen LogP contribution in [-0.2, 0) is 10.0 Å². The molecule has 0 radical (unpaired) electrons. The summed E-state index contributed by atoms with van der Waals surface area (Å²) in [5.74, 6) is 0. The molecule has 0 aliphatic carbocycles. The lowest BCUT2D eigenvalue weighted by Crippen LogP contribution is -2.44. The molecule has 0 amide bonds. The third kappa shape index (κ3) is 4.23. The van der Waals surface area contributed by atoms with Crippen molar-refractivity contribution in [1.29, 1.82) is 0 Å². The van der Waals surface area contributed by atoms with Crippen LogP contribution in [0.2, 0.25) is 0 Å². The van der Waals surface area contributed by atoms with Crippen molar-refractivity contribution >= 4 is 31.6 Å². The van der Waals surface area contributed by atoms with E-state index in [1.54, 1.807) is 10.5 Å². The first kappa shape index (κ1) is 18.6. The molecule has 2 heterocycles. The number of nitrogens with zero attached hydrogens (tertiary/aromatic N) is 3. The second-order valence-corrected chi connectivity index (χ2v) is 8.37. The van der Waals surface area contributed by atoms with Gasteiger partial charge in [-0.2, -0.15) is 4.31 Å². The number of aromatic nitrogens is 1. The van der Waals surface area contributed by atoms with Gasteiger partial charge in [-0.25, -0.2) is 8.42 Å². The van der Waals surface area contributed by atoms with E-state index in [0.29, 0.717) is 18.0 Å². The average Bonchev–Trinajstić information content (AvgIpc) is 2.55. The summed E-state index contributed by atoms with van der Waals surface area (Å²) in [6.45, 7) is 8.32. The second-order valence-electron chi connectivity index (χ2n) is 5.61. The minimum atomic E-state index is -3.55. The fraction of sp³-hybridized carbons (Fsp3) is 0.667. The summed E-state index contributed by atoms with van der Waals surface area (Å²) < 4.78 is 28.6. The predicted molar refractivity (Wildman–Crippen MR) is 96.4 cm³/mol. The Hall–Kier alpha value is -0.700. The Labute approximate surface area is 147 Å². The molecule has 1 fully saturated rings. The molecule has 130 valence electrons. The number of sulfonamides is 1. The van der Waals surface area contributed by atoms with Crippen LogP contribution in [0.5, 0.6) is 0 Å². The van der Waals surface area contributed by atoms with Gasteiger partial charge in [-0.15, -0.1) is 0 Å². The standard InChI is InChI=1S/C15H25BrN4O2S/c1-3-7-20(8-4-2)23(21,22)14-12-18-11-13(16)15(14)19-9-5-17-6-10-19/h11-12,17H,3-10H2,1-2H3. The Morgan fingerprint density at radius 1 is 1.22 bits per heavy atom. The highest BCUT2D eigenvalue weighted by molar-refractivity contribution is 9.10. The maximum atomic E-state index is 13.2.